The number of carbonyl (C=O) groups excluding carboxylic acids is 2. The number of amides is 2. The molecule has 2 amide bonds. The highest BCUT2D eigenvalue weighted by Gasteiger charge is 2.48. The summed E-state index contributed by atoms with van der Waals surface area (Å²) in [5.41, 5.74) is -1.25. The molecule has 28 heavy (non-hydrogen) atoms. The highest BCUT2D eigenvalue weighted by Crippen LogP contribution is 2.33. The predicted molar refractivity (Wildman–Crippen MR) is 105 cm³/mol. The standard InChI is InChI=1S/C17H25ClFN5O4/c1-5-21-24(6-2)13(8-20)22-16(26)23-14-12(19)7-17(9-18,28-14)10-27-15(25)11(3)4/h5-6,8,11-12,14,20H,2,7,9-10H2,1,3-4H3,(H,23,26). The van der Waals surface area contributed by atoms with Crippen molar-refractivity contribution in [2.45, 2.75) is 45.2 Å². The number of halogens is 2. The number of amidine groups is 1. The molecule has 9 nitrogen and oxygen atoms in total. The van der Waals surface area contributed by atoms with E-state index in [-0.39, 0.29) is 30.7 Å². The first-order chi connectivity index (χ1) is 13.2. The Morgan fingerprint density at radius 3 is 2.75 bits per heavy atom. The Morgan fingerprint density at radius 1 is 1.57 bits per heavy atom. The van der Waals surface area contributed by atoms with Gasteiger partial charge in [-0.3, -0.25) is 4.79 Å². The average Bonchev–Trinajstić information content (AvgIpc) is 2.98. The van der Waals surface area contributed by atoms with Gasteiger partial charge in [0, 0.05) is 18.8 Å². The Labute approximate surface area is 168 Å². The van der Waals surface area contributed by atoms with Crippen LogP contribution in [0.2, 0.25) is 0 Å². The van der Waals surface area contributed by atoms with E-state index in [0.717, 1.165) is 11.2 Å². The zero-order valence-electron chi connectivity index (χ0n) is 16.0. The summed E-state index contributed by atoms with van der Waals surface area (Å²) in [6.07, 6.45) is 0.402. The van der Waals surface area contributed by atoms with E-state index < -0.39 is 30.0 Å². The molecule has 1 heterocycles. The molecule has 3 unspecified atom stereocenters. The molecule has 2 N–H and O–H groups in total. The number of urea groups is 1. The number of aliphatic imine (C=N–C) groups is 1. The Morgan fingerprint density at radius 2 is 2.25 bits per heavy atom. The number of hydrogen-bond acceptors (Lipinski definition) is 6. The molecule has 0 aliphatic carbocycles. The van der Waals surface area contributed by atoms with Gasteiger partial charge in [-0.15, -0.1) is 11.6 Å². The topological polar surface area (TPSA) is 116 Å². The Kier molecular flexibility index (Phi) is 9.20. The van der Waals surface area contributed by atoms with Gasteiger partial charge in [0.25, 0.3) is 0 Å². The maximum Gasteiger partial charge on any atom is 0.345 e. The lowest BCUT2D eigenvalue weighted by atomic mass is 10.0. The van der Waals surface area contributed by atoms with E-state index >= 15 is 0 Å². The molecule has 11 heteroatoms. The molecule has 0 bridgehead atoms. The first-order valence-corrected chi connectivity index (χ1v) is 9.10. The number of hydrogen-bond donors (Lipinski definition) is 2. The van der Waals surface area contributed by atoms with Crippen LogP contribution in [0, 0.1) is 11.3 Å². The summed E-state index contributed by atoms with van der Waals surface area (Å²) in [4.78, 5) is 27.4. The van der Waals surface area contributed by atoms with Crippen molar-refractivity contribution in [3.8, 4) is 0 Å². The number of esters is 1. The number of ether oxygens (including phenoxy) is 2. The van der Waals surface area contributed by atoms with Crippen LogP contribution in [0.5, 0.6) is 0 Å². The lowest BCUT2D eigenvalue weighted by Crippen LogP contribution is -2.43. The van der Waals surface area contributed by atoms with E-state index in [4.69, 9.17) is 26.5 Å². The highest BCUT2D eigenvalue weighted by atomic mass is 35.5. The number of alkyl halides is 2. The first kappa shape index (κ1) is 23.7. The minimum atomic E-state index is -1.58. The number of carbonyl (C=O) groups is 2. The van der Waals surface area contributed by atoms with Crippen molar-refractivity contribution in [3.05, 3.63) is 12.8 Å². The summed E-state index contributed by atoms with van der Waals surface area (Å²) in [5, 5.41) is 14.6. The van der Waals surface area contributed by atoms with Crippen molar-refractivity contribution < 1.29 is 23.5 Å². The third-order valence-corrected chi connectivity index (χ3v) is 4.21. The SMILES string of the molecule is C=CN(N=CC)C(C=N)=NC(=O)NC1OC(CCl)(COC(=O)C(C)C)CC1F. The summed E-state index contributed by atoms with van der Waals surface area (Å²) in [6.45, 7) is 8.24. The number of rotatable bonds is 8. The molecular formula is C17H25ClFN5O4. The first-order valence-electron chi connectivity index (χ1n) is 8.56. The van der Waals surface area contributed by atoms with Gasteiger partial charge in [0.05, 0.1) is 18.0 Å². The van der Waals surface area contributed by atoms with Crippen LogP contribution in [-0.4, -0.2) is 65.8 Å². The molecule has 156 valence electrons. The Balaban J connectivity index is 2.82. The van der Waals surface area contributed by atoms with E-state index in [0.29, 0.717) is 0 Å². The second kappa shape index (κ2) is 10.9. The van der Waals surface area contributed by atoms with Crippen molar-refractivity contribution >= 4 is 41.9 Å². The van der Waals surface area contributed by atoms with Crippen LogP contribution in [0.3, 0.4) is 0 Å². The highest BCUT2D eigenvalue weighted by molar-refractivity contribution is 6.30. The molecule has 1 aliphatic rings. The van der Waals surface area contributed by atoms with Crippen LogP contribution in [0.25, 0.3) is 0 Å². The normalized spacial score (nSPS) is 25.0. The van der Waals surface area contributed by atoms with Crippen molar-refractivity contribution in [2.24, 2.45) is 16.0 Å². The quantitative estimate of drug-likeness (QED) is 0.207. The van der Waals surface area contributed by atoms with Gasteiger partial charge >= 0.3 is 12.0 Å². The summed E-state index contributed by atoms with van der Waals surface area (Å²) in [5.74, 6) is -1.07. The lowest BCUT2D eigenvalue weighted by molar-refractivity contribution is -0.157. The zero-order valence-corrected chi connectivity index (χ0v) is 16.8. The Bertz CT molecular complexity index is 657. The molecule has 3 atom stereocenters. The number of nitrogens with one attached hydrogen (secondary N) is 2. The van der Waals surface area contributed by atoms with E-state index in [9.17, 15) is 14.0 Å². The molecule has 1 aliphatic heterocycles. The van der Waals surface area contributed by atoms with Crippen molar-refractivity contribution in [1.82, 2.24) is 10.3 Å². The fraction of sp³-hybridized carbons (Fsp3) is 0.588. The van der Waals surface area contributed by atoms with Gasteiger partial charge in [-0.25, -0.2) is 14.2 Å². The predicted octanol–water partition coefficient (Wildman–Crippen LogP) is 2.46. The summed E-state index contributed by atoms with van der Waals surface area (Å²) < 4.78 is 25.1. The maximum atomic E-state index is 14.4. The van der Waals surface area contributed by atoms with Gasteiger partial charge in [0.2, 0.25) is 0 Å². The summed E-state index contributed by atoms with van der Waals surface area (Å²) >= 11 is 5.91. The van der Waals surface area contributed by atoms with Crippen molar-refractivity contribution in [1.29, 1.82) is 5.41 Å². The molecule has 1 rings (SSSR count). The maximum absolute atomic E-state index is 14.4. The number of nitrogens with zero attached hydrogens (tertiary/aromatic N) is 3. The van der Waals surface area contributed by atoms with Crippen LogP contribution in [0.1, 0.15) is 27.2 Å². The molecular weight excluding hydrogens is 393 g/mol. The molecule has 0 aromatic carbocycles. The van der Waals surface area contributed by atoms with E-state index in [1.807, 2.05) is 0 Å². The van der Waals surface area contributed by atoms with Crippen LogP contribution >= 0.6 is 11.6 Å². The minimum Gasteiger partial charge on any atom is -0.462 e. The van der Waals surface area contributed by atoms with Gasteiger partial charge in [0.1, 0.15) is 18.4 Å². The minimum absolute atomic E-state index is 0.129. The third-order valence-electron chi connectivity index (χ3n) is 3.72. The van der Waals surface area contributed by atoms with E-state index in [1.165, 1.54) is 12.4 Å². The second-order valence-corrected chi connectivity index (χ2v) is 6.57. The van der Waals surface area contributed by atoms with Gasteiger partial charge in [-0.1, -0.05) is 20.4 Å². The smallest absolute Gasteiger partial charge is 0.345 e. The van der Waals surface area contributed by atoms with E-state index in [1.54, 1.807) is 20.8 Å². The average molecular weight is 418 g/mol. The van der Waals surface area contributed by atoms with Crippen LogP contribution < -0.4 is 5.32 Å². The van der Waals surface area contributed by atoms with Crippen molar-refractivity contribution in [2.75, 3.05) is 12.5 Å². The number of hydrazone groups is 1. The fourth-order valence-electron chi connectivity index (χ4n) is 2.29. The van der Waals surface area contributed by atoms with Crippen LogP contribution in [0.4, 0.5) is 9.18 Å². The van der Waals surface area contributed by atoms with Gasteiger partial charge in [0.15, 0.2) is 12.1 Å². The van der Waals surface area contributed by atoms with Crippen molar-refractivity contribution in [3.63, 3.8) is 0 Å². The fourth-order valence-corrected chi connectivity index (χ4v) is 2.54. The lowest BCUT2D eigenvalue weighted by Gasteiger charge is -2.26. The second-order valence-electron chi connectivity index (χ2n) is 6.30. The molecule has 0 aromatic rings. The molecule has 0 saturated carbocycles. The molecule has 0 spiro atoms. The molecule has 0 aromatic heterocycles. The van der Waals surface area contributed by atoms with E-state index in [2.05, 4.69) is 22.0 Å². The van der Waals surface area contributed by atoms with Gasteiger partial charge < -0.3 is 20.2 Å². The van der Waals surface area contributed by atoms with Gasteiger partial charge in [-0.05, 0) is 6.92 Å². The summed E-state index contributed by atoms with van der Waals surface area (Å²) in [7, 11) is 0. The Hall–Kier alpha value is -2.33. The summed E-state index contributed by atoms with van der Waals surface area (Å²) in [6, 6.07) is -0.936. The monoisotopic (exact) mass is 417 g/mol. The third kappa shape index (κ3) is 6.38. The zero-order chi connectivity index (χ0) is 21.3. The molecule has 0 radical (unpaired) electrons. The van der Waals surface area contributed by atoms with Gasteiger partial charge in [-0.2, -0.15) is 10.1 Å². The van der Waals surface area contributed by atoms with Crippen LogP contribution in [-0.2, 0) is 14.3 Å². The molecule has 1 fully saturated rings. The largest absolute Gasteiger partial charge is 0.462 e. The molecule has 1 saturated heterocycles. The van der Waals surface area contributed by atoms with Crippen LogP contribution in [0.15, 0.2) is 22.9 Å².